The average molecular weight is 301 g/mol. The molecule has 0 aliphatic carbocycles. The van der Waals surface area contributed by atoms with Gasteiger partial charge >= 0.3 is 0 Å². The molecule has 1 aromatic carbocycles. The molecule has 0 amide bonds. The van der Waals surface area contributed by atoms with Crippen molar-refractivity contribution in [1.82, 2.24) is 0 Å². The third-order valence-corrected chi connectivity index (χ3v) is 4.89. The summed E-state index contributed by atoms with van der Waals surface area (Å²) in [6.45, 7) is 6.63. The number of hydrogen-bond acceptors (Lipinski definition) is 2. The zero-order valence-electron chi connectivity index (χ0n) is 11.2. The van der Waals surface area contributed by atoms with E-state index in [-0.39, 0.29) is 0 Å². The first-order valence-electron chi connectivity index (χ1n) is 5.87. The van der Waals surface area contributed by atoms with Gasteiger partial charge in [-0.25, -0.2) is 0 Å². The number of halogens is 1. The zero-order chi connectivity index (χ0) is 13.0. The summed E-state index contributed by atoms with van der Waals surface area (Å²) in [7, 11) is 3.39. The third kappa shape index (κ3) is 3.38. The molecular formula is C14H21BrO2. The van der Waals surface area contributed by atoms with Crippen molar-refractivity contribution in [2.75, 3.05) is 14.2 Å². The number of benzene rings is 1. The molecule has 0 heterocycles. The van der Waals surface area contributed by atoms with Crippen LogP contribution in [0.2, 0.25) is 0 Å². The van der Waals surface area contributed by atoms with Crippen molar-refractivity contribution < 1.29 is 9.47 Å². The Labute approximate surface area is 112 Å². The average Bonchev–Trinajstić information content (AvgIpc) is 2.35. The Hall–Kier alpha value is -0.700. The molecule has 2 atom stereocenters. The Kier molecular flexibility index (Phi) is 5.31. The number of ether oxygens (including phenoxy) is 2. The van der Waals surface area contributed by atoms with Crippen LogP contribution in [0.4, 0.5) is 0 Å². The van der Waals surface area contributed by atoms with Gasteiger partial charge in [-0.15, -0.1) is 0 Å². The quantitative estimate of drug-likeness (QED) is 0.758. The SMILES string of the molecule is COc1ccc(OC)c(C(C)C(Br)C(C)C)c1. The van der Waals surface area contributed by atoms with Gasteiger partial charge in [0.2, 0.25) is 0 Å². The third-order valence-electron chi connectivity index (χ3n) is 3.04. The summed E-state index contributed by atoms with van der Waals surface area (Å²) < 4.78 is 10.7. The Morgan fingerprint density at radius 3 is 2.18 bits per heavy atom. The van der Waals surface area contributed by atoms with E-state index in [1.807, 2.05) is 12.1 Å². The number of rotatable bonds is 5. The molecule has 0 aromatic heterocycles. The van der Waals surface area contributed by atoms with Crippen LogP contribution in [0.1, 0.15) is 32.3 Å². The minimum Gasteiger partial charge on any atom is -0.497 e. The van der Waals surface area contributed by atoms with E-state index in [2.05, 4.69) is 42.8 Å². The summed E-state index contributed by atoms with van der Waals surface area (Å²) in [5.74, 6) is 2.74. The first-order valence-corrected chi connectivity index (χ1v) is 6.78. The first kappa shape index (κ1) is 14.4. The van der Waals surface area contributed by atoms with Crippen molar-refractivity contribution in [2.24, 2.45) is 5.92 Å². The van der Waals surface area contributed by atoms with Gasteiger partial charge in [-0.05, 0) is 30.0 Å². The largest absolute Gasteiger partial charge is 0.497 e. The predicted molar refractivity (Wildman–Crippen MR) is 75.5 cm³/mol. The van der Waals surface area contributed by atoms with Gasteiger partial charge < -0.3 is 9.47 Å². The van der Waals surface area contributed by atoms with Gasteiger partial charge in [0.25, 0.3) is 0 Å². The number of hydrogen-bond donors (Lipinski definition) is 0. The molecular weight excluding hydrogens is 280 g/mol. The monoisotopic (exact) mass is 300 g/mol. The lowest BCUT2D eigenvalue weighted by Gasteiger charge is -2.24. The van der Waals surface area contributed by atoms with E-state index in [9.17, 15) is 0 Å². The summed E-state index contributed by atoms with van der Waals surface area (Å²) >= 11 is 3.76. The van der Waals surface area contributed by atoms with Gasteiger partial charge in [-0.2, -0.15) is 0 Å². The molecule has 0 spiro atoms. The maximum atomic E-state index is 5.42. The van der Waals surface area contributed by atoms with Crippen molar-refractivity contribution in [2.45, 2.75) is 31.5 Å². The molecule has 1 rings (SSSR count). The van der Waals surface area contributed by atoms with Crippen LogP contribution in [0.25, 0.3) is 0 Å². The van der Waals surface area contributed by atoms with E-state index >= 15 is 0 Å². The van der Waals surface area contributed by atoms with Crippen molar-refractivity contribution in [1.29, 1.82) is 0 Å². The van der Waals surface area contributed by atoms with Crippen molar-refractivity contribution in [3.05, 3.63) is 23.8 Å². The standard InChI is InChI=1S/C14H21BrO2/c1-9(2)14(15)10(3)12-8-11(16-4)6-7-13(12)17-5/h6-10,14H,1-5H3. The molecule has 0 aliphatic heterocycles. The molecule has 0 N–H and O–H groups in total. The molecule has 2 nitrogen and oxygen atoms in total. The lowest BCUT2D eigenvalue weighted by molar-refractivity contribution is 0.393. The Morgan fingerprint density at radius 1 is 1.06 bits per heavy atom. The topological polar surface area (TPSA) is 18.5 Å². The van der Waals surface area contributed by atoms with E-state index in [0.29, 0.717) is 16.7 Å². The summed E-state index contributed by atoms with van der Waals surface area (Å²) in [5.41, 5.74) is 1.18. The van der Waals surface area contributed by atoms with Crippen LogP contribution in [0.5, 0.6) is 11.5 Å². The zero-order valence-corrected chi connectivity index (χ0v) is 12.7. The smallest absolute Gasteiger partial charge is 0.122 e. The number of methoxy groups -OCH3 is 2. The van der Waals surface area contributed by atoms with Crippen LogP contribution in [-0.4, -0.2) is 19.0 Å². The fourth-order valence-corrected chi connectivity index (χ4v) is 2.23. The molecule has 3 heteroatoms. The maximum absolute atomic E-state index is 5.42. The normalized spacial score (nSPS) is 14.5. The van der Waals surface area contributed by atoms with Crippen LogP contribution < -0.4 is 9.47 Å². The highest BCUT2D eigenvalue weighted by atomic mass is 79.9. The molecule has 0 saturated heterocycles. The summed E-state index contributed by atoms with van der Waals surface area (Å²) in [4.78, 5) is 0.420. The maximum Gasteiger partial charge on any atom is 0.122 e. The molecule has 0 saturated carbocycles. The highest BCUT2D eigenvalue weighted by Gasteiger charge is 2.22. The molecule has 0 aliphatic rings. The lowest BCUT2D eigenvalue weighted by Crippen LogP contribution is -2.16. The first-order chi connectivity index (χ1) is 8.01. The van der Waals surface area contributed by atoms with E-state index in [4.69, 9.17) is 9.47 Å². The van der Waals surface area contributed by atoms with E-state index < -0.39 is 0 Å². The fraction of sp³-hybridized carbons (Fsp3) is 0.571. The summed E-state index contributed by atoms with van der Waals surface area (Å²) in [5, 5.41) is 0. The highest BCUT2D eigenvalue weighted by molar-refractivity contribution is 9.09. The van der Waals surface area contributed by atoms with E-state index in [0.717, 1.165) is 11.5 Å². The second-order valence-corrected chi connectivity index (χ2v) is 5.64. The highest BCUT2D eigenvalue weighted by Crippen LogP contribution is 2.37. The van der Waals surface area contributed by atoms with Gasteiger partial charge in [0, 0.05) is 10.4 Å². The van der Waals surface area contributed by atoms with Gasteiger partial charge in [0.1, 0.15) is 11.5 Å². The molecule has 0 fully saturated rings. The van der Waals surface area contributed by atoms with Crippen LogP contribution in [-0.2, 0) is 0 Å². The van der Waals surface area contributed by atoms with Crippen molar-refractivity contribution in [3.8, 4) is 11.5 Å². The molecule has 2 unspecified atom stereocenters. The lowest BCUT2D eigenvalue weighted by atomic mass is 9.91. The van der Waals surface area contributed by atoms with Gasteiger partial charge in [0.15, 0.2) is 0 Å². The summed E-state index contributed by atoms with van der Waals surface area (Å²) in [6, 6.07) is 5.94. The second-order valence-electron chi connectivity index (χ2n) is 4.58. The van der Waals surface area contributed by atoms with Gasteiger partial charge in [-0.1, -0.05) is 36.7 Å². The fourth-order valence-electron chi connectivity index (χ4n) is 1.94. The molecule has 96 valence electrons. The second kappa shape index (κ2) is 6.29. The van der Waals surface area contributed by atoms with Crippen molar-refractivity contribution >= 4 is 15.9 Å². The molecule has 0 bridgehead atoms. The van der Waals surface area contributed by atoms with Crippen LogP contribution >= 0.6 is 15.9 Å². The molecule has 17 heavy (non-hydrogen) atoms. The Morgan fingerprint density at radius 2 is 1.71 bits per heavy atom. The minimum absolute atomic E-state index is 0.375. The Bertz CT molecular complexity index is 363. The van der Waals surface area contributed by atoms with E-state index in [1.165, 1.54) is 5.56 Å². The Balaban J connectivity index is 3.09. The predicted octanol–water partition coefficient (Wildman–Crippen LogP) is 4.23. The van der Waals surface area contributed by atoms with Crippen LogP contribution in [0, 0.1) is 5.92 Å². The van der Waals surface area contributed by atoms with E-state index in [1.54, 1.807) is 14.2 Å². The van der Waals surface area contributed by atoms with Gasteiger partial charge in [0.05, 0.1) is 14.2 Å². The van der Waals surface area contributed by atoms with Crippen LogP contribution in [0.15, 0.2) is 18.2 Å². The summed E-state index contributed by atoms with van der Waals surface area (Å²) in [6.07, 6.45) is 0. The van der Waals surface area contributed by atoms with Crippen molar-refractivity contribution in [3.63, 3.8) is 0 Å². The number of alkyl halides is 1. The van der Waals surface area contributed by atoms with Gasteiger partial charge in [-0.3, -0.25) is 0 Å². The molecule has 0 radical (unpaired) electrons. The van der Waals surface area contributed by atoms with Crippen LogP contribution in [0.3, 0.4) is 0 Å². The minimum atomic E-state index is 0.375. The molecule has 1 aromatic rings.